The van der Waals surface area contributed by atoms with Gasteiger partial charge in [-0.25, -0.2) is 0 Å². The summed E-state index contributed by atoms with van der Waals surface area (Å²) in [4.78, 5) is 27.4. The highest BCUT2D eigenvalue weighted by Crippen LogP contribution is 2.46. The average molecular weight is 335 g/mol. The molecule has 2 heterocycles. The zero-order valence-corrected chi connectivity index (χ0v) is 13.8. The maximum absolute atomic E-state index is 11.8. The summed E-state index contributed by atoms with van der Waals surface area (Å²) in [5.41, 5.74) is 1.19. The predicted molar refractivity (Wildman–Crippen MR) is 88.7 cm³/mol. The van der Waals surface area contributed by atoms with Gasteiger partial charge in [-0.1, -0.05) is 41.7 Å². The Kier molecular flexibility index (Phi) is 4.69. The summed E-state index contributed by atoms with van der Waals surface area (Å²) in [6, 6.07) is 10.2. The summed E-state index contributed by atoms with van der Waals surface area (Å²) in [5, 5.41) is 1.03. The molecular weight excluding hydrogens is 318 g/mol. The van der Waals surface area contributed by atoms with Crippen LogP contribution in [0.3, 0.4) is 0 Å². The van der Waals surface area contributed by atoms with Crippen LogP contribution in [0.5, 0.6) is 0 Å². The molecule has 6 heteroatoms. The van der Waals surface area contributed by atoms with Crippen LogP contribution in [0.15, 0.2) is 40.2 Å². The minimum atomic E-state index is -0.173. The zero-order chi connectivity index (χ0) is 15.5. The van der Waals surface area contributed by atoms with Crippen molar-refractivity contribution < 1.29 is 9.53 Å². The molecule has 2 aromatic rings. The highest BCUT2D eigenvalue weighted by Gasteiger charge is 2.32. The summed E-state index contributed by atoms with van der Waals surface area (Å²) in [5.74, 6) is -0.00587. The minimum Gasteiger partial charge on any atom is -0.466 e. The molecule has 1 N–H and O–H groups in total. The monoisotopic (exact) mass is 335 g/mol. The van der Waals surface area contributed by atoms with Crippen LogP contribution in [0.2, 0.25) is 0 Å². The molecule has 116 valence electrons. The number of ether oxygens (including phenoxy) is 1. The summed E-state index contributed by atoms with van der Waals surface area (Å²) >= 11 is 2.86. The first-order valence-corrected chi connectivity index (χ1v) is 8.97. The Labute approximate surface area is 136 Å². The Bertz CT molecular complexity index is 708. The lowest BCUT2D eigenvalue weighted by Gasteiger charge is -2.28. The average Bonchev–Trinajstić information content (AvgIpc) is 2.87. The van der Waals surface area contributed by atoms with Gasteiger partial charge in [-0.2, -0.15) is 0 Å². The molecule has 0 fully saturated rings. The van der Waals surface area contributed by atoms with Crippen molar-refractivity contribution in [3.63, 3.8) is 0 Å². The number of nitrogens with one attached hydrogen (secondary N) is 1. The molecular formula is C16H17NO3S2. The number of carbonyl (C=O) groups is 1. The second-order valence-corrected chi connectivity index (χ2v) is 7.48. The van der Waals surface area contributed by atoms with Gasteiger partial charge in [-0.05, 0) is 18.9 Å². The van der Waals surface area contributed by atoms with Gasteiger partial charge in [0.15, 0.2) is 0 Å². The van der Waals surface area contributed by atoms with Crippen molar-refractivity contribution in [1.29, 1.82) is 0 Å². The van der Waals surface area contributed by atoms with Crippen LogP contribution in [0.25, 0.3) is 0 Å². The number of aromatic nitrogens is 1. The van der Waals surface area contributed by atoms with Crippen molar-refractivity contribution in [3.8, 4) is 0 Å². The van der Waals surface area contributed by atoms with E-state index in [9.17, 15) is 9.59 Å². The third-order valence-corrected chi connectivity index (χ3v) is 6.02. The lowest BCUT2D eigenvalue weighted by Crippen LogP contribution is -2.20. The molecule has 0 amide bonds. The topological polar surface area (TPSA) is 59.2 Å². The number of benzene rings is 1. The standard InChI is InChI=1S/C16H17NO3S2/c1-2-20-13(18)9-11-8-12(10-6-4-3-5-7-10)14-15(21-11)17-16(19)22-14/h3-7,11-12H,2,8-9H2,1H3,(H,17,19)/t11?,12-/m0/s1. The highest BCUT2D eigenvalue weighted by molar-refractivity contribution is 8.00. The van der Waals surface area contributed by atoms with Crippen LogP contribution in [0, 0.1) is 0 Å². The predicted octanol–water partition coefficient (Wildman–Crippen LogP) is 3.39. The fourth-order valence-electron chi connectivity index (χ4n) is 2.73. The van der Waals surface area contributed by atoms with Crippen molar-refractivity contribution >= 4 is 29.1 Å². The number of hydrogen-bond donors (Lipinski definition) is 1. The Balaban J connectivity index is 1.88. The van der Waals surface area contributed by atoms with E-state index in [0.29, 0.717) is 13.0 Å². The molecule has 3 rings (SSSR count). The molecule has 0 saturated heterocycles. The van der Waals surface area contributed by atoms with Gasteiger partial charge in [0.1, 0.15) is 0 Å². The lowest BCUT2D eigenvalue weighted by molar-refractivity contribution is -0.143. The third kappa shape index (κ3) is 3.28. The maximum atomic E-state index is 11.8. The molecule has 0 aliphatic carbocycles. The van der Waals surface area contributed by atoms with Crippen LogP contribution in [-0.2, 0) is 9.53 Å². The molecule has 2 atom stereocenters. The van der Waals surface area contributed by atoms with Gasteiger partial charge in [0.25, 0.3) is 0 Å². The van der Waals surface area contributed by atoms with E-state index in [-0.39, 0.29) is 22.0 Å². The van der Waals surface area contributed by atoms with Crippen molar-refractivity contribution in [2.24, 2.45) is 0 Å². The number of hydrogen-bond acceptors (Lipinski definition) is 5. The van der Waals surface area contributed by atoms with Crippen LogP contribution < -0.4 is 4.87 Å². The first kappa shape index (κ1) is 15.4. The van der Waals surface area contributed by atoms with Crippen molar-refractivity contribution in [3.05, 3.63) is 50.4 Å². The SMILES string of the molecule is CCOC(=O)CC1C[C@@H](c2ccccc2)c2sc(=O)[nH]c2S1. The Morgan fingerprint density at radius 2 is 2.14 bits per heavy atom. The molecule has 22 heavy (non-hydrogen) atoms. The van der Waals surface area contributed by atoms with Gasteiger partial charge in [0.2, 0.25) is 0 Å². The molecule has 1 unspecified atom stereocenters. The molecule has 0 radical (unpaired) electrons. The first-order chi connectivity index (χ1) is 10.7. The summed E-state index contributed by atoms with van der Waals surface area (Å²) < 4.78 is 5.06. The van der Waals surface area contributed by atoms with E-state index >= 15 is 0 Å². The second-order valence-electron chi connectivity index (χ2n) is 5.16. The summed E-state index contributed by atoms with van der Waals surface area (Å²) in [6.45, 7) is 2.21. The number of thioether (sulfide) groups is 1. The highest BCUT2D eigenvalue weighted by atomic mass is 32.2. The molecule has 1 aliphatic rings. The Hall–Kier alpha value is -1.53. The second kappa shape index (κ2) is 6.71. The van der Waals surface area contributed by atoms with Gasteiger partial charge in [-0.3, -0.25) is 9.59 Å². The Morgan fingerprint density at radius 1 is 1.36 bits per heavy atom. The smallest absolute Gasteiger partial charge is 0.306 e. The van der Waals surface area contributed by atoms with E-state index in [4.69, 9.17) is 4.74 Å². The summed E-state index contributed by atoms with van der Waals surface area (Å²) in [7, 11) is 0. The molecule has 1 aliphatic heterocycles. The number of esters is 1. The quantitative estimate of drug-likeness (QED) is 0.870. The molecule has 0 saturated carbocycles. The fraction of sp³-hybridized carbons (Fsp3) is 0.375. The van der Waals surface area contributed by atoms with E-state index in [2.05, 4.69) is 17.1 Å². The van der Waals surface area contributed by atoms with Gasteiger partial charge in [0, 0.05) is 16.0 Å². The van der Waals surface area contributed by atoms with Gasteiger partial charge >= 0.3 is 10.8 Å². The molecule has 1 aromatic heterocycles. The van der Waals surface area contributed by atoms with E-state index in [1.807, 2.05) is 25.1 Å². The number of aromatic amines is 1. The third-order valence-electron chi connectivity index (χ3n) is 3.64. The number of carbonyl (C=O) groups excluding carboxylic acids is 1. The van der Waals surface area contributed by atoms with E-state index < -0.39 is 0 Å². The number of thiazole rings is 1. The van der Waals surface area contributed by atoms with Crippen LogP contribution >= 0.6 is 23.1 Å². The van der Waals surface area contributed by atoms with E-state index in [0.717, 1.165) is 16.3 Å². The van der Waals surface area contributed by atoms with Crippen LogP contribution in [0.1, 0.15) is 36.1 Å². The number of H-pyrrole nitrogens is 1. The fourth-order valence-corrected chi connectivity index (χ4v) is 5.19. The molecule has 1 aromatic carbocycles. The van der Waals surface area contributed by atoms with Crippen molar-refractivity contribution in [2.45, 2.75) is 36.0 Å². The summed E-state index contributed by atoms with van der Waals surface area (Å²) in [6.07, 6.45) is 1.22. The maximum Gasteiger partial charge on any atom is 0.306 e. The van der Waals surface area contributed by atoms with Gasteiger partial charge < -0.3 is 9.72 Å². The largest absolute Gasteiger partial charge is 0.466 e. The van der Waals surface area contributed by atoms with Crippen LogP contribution in [0.4, 0.5) is 0 Å². The molecule has 0 bridgehead atoms. The molecule has 0 spiro atoms. The van der Waals surface area contributed by atoms with E-state index in [1.54, 1.807) is 11.8 Å². The van der Waals surface area contributed by atoms with Gasteiger partial charge in [-0.15, -0.1) is 11.8 Å². The normalized spacial score (nSPS) is 20.4. The number of fused-ring (bicyclic) bond motifs is 1. The Morgan fingerprint density at radius 3 is 2.86 bits per heavy atom. The first-order valence-electron chi connectivity index (χ1n) is 7.27. The van der Waals surface area contributed by atoms with E-state index in [1.165, 1.54) is 16.9 Å². The van der Waals surface area contributed by atoms with Crippen molar-refractivity contribution in [1.82, 2.24) is 4.98 Å². The molecule has 4 nitrogen and oxygen atoms in total. The van der Waals surface area contributed by atoms with Crippen molar-refractivity contribution in [2.75, 3.05) is 6.61 Å². The lowest BCUT2D eigenvalue weighted by atomic mass is 9.92. The van der Waals surface area contributed by atoms with Gasteiger partial charge in [0.05, 0.1) is 18.1 Å². The zero-order valence-electron chi connectivity index (χ0n) is 12.2. The minimum absolute atomic E-state index is 0.0322. The number of rotatable bonds is 4. The van der Waals surface area contributed by atoms with Crippen LogP contribution in [-0.4, -0.2) is 22.8 Å².